The number of ether oxygens (including phenoxy) is 1. The molecule has 2 rings (SSSR count). The van der Waals surface area contributed by atoms with Crippen LogP contribution in [0.1, 0.15) is 24.8 Å². The molecule has 3 N–H and O–H groups in total. The van der Waals surface area contributed by atoms with Crippen molar-refractivity contribution < 1.29 is 9.73 Å². The van der Waals surface area contributed by atoms with Gasteiger partial charge in [0.05, 0.1) is 13.7 Å². The van der Waals surface area contributed by atoms with Crippen molar-refractivity contribution in [2.75, 3.05) is 37.8 Å². The summed E-state index contributed by atoms with van der Waals surface area (Å²) in [7, 11) is 1.72. The Balaban J connectivity index is 1.94. The lowest BCUT2D eigenvalue weighted by Crippen LogP contribution is -2.75. The molecule has 1 aromatic rings. The van der Waals surface area contributed by atoms with E-state index in [-0.39, 0.29) is 0 Å². The molecular weight excluding hydrogens is 294 g/mol. The van der Waals surface area contributed by atoms with Gasteiger partial charge in [-0.15, -0.1) is 0 Å². The maximum absolute atomic E-state index is 5.34. The van der Waals surface area contributed by atoms with Crippen molar-refractivity contribution in [3.8, 4) is 5.75 Å². The van der Waals surface area contributed by atoms with E-state index in [9.17, 15) is 0 Å². The van der Waals surface area contributed by atoms with Gasteiger partial charge in [0.2, 0.25) is 0 Å². The second-order valence-corrected chi connectivity index (χ2v) is 6.45. The predicted octanol–water partition coefficient (Wildman–Crippen LogP) is 1.56. The molecule has 0 aromatic heterocycles. The highest BCUT2D eigenvalue weighted by Crippen LogP contribution is 2.35. The average Bonchev–Trinajstić information content (AvgIpc) is 2.94. The maximum atomic E-state index is 5.34. The van der Waals surface area contributed by atoms with Gasteiger partial charge in [-0.05, 0) is 41.9 Å². The molecule has 1 heterocycles. The van der Waals surface area contributed by atoms with Crippen molar-refractivity contribution in [2.45, 2.75) is 19.3 Å². The summed E-state index contributed by atoms with van der Waals surface area (Å²) >= 11 is 1.80. The van der Waals surface area contributed by atoms with Crippen LogP contribution < -0.4 is 20.4 Å². The lowest BCUT2D eigenvalue weighted by atomic mass is 9.98. The van der Waals surface area contributed by atoms with Crippen LogP contribution in [0, 0.1) is 0 Å². The molecule has 0 radical (unpaired) electrons. The predicted molar refractivity (Wildman–Crippen MR) is 96.0 cm³/mol. The first-order valence-corrected chi connectivity index (χ1v) is 8.77. The Morgan fingerprint density at radius 3 is 3.18 bits per heavy atom. The Labute approximate surface area is 137 Å². The topological polar surface area (TPSA) is 47.3 Å². The van der Waals surface area contributed by atoms with Gasteiger partial charge in [0.25, 0.3) is 0 Å². The quantitative estimate of drug-likeness (QED) is 0.405. The molecule has 0 bridgehead atoms. The summed E-state index contributed by atoms with van der Waals surface area (Å²) in [4.78, 5) is 3.50. The van der Waals surface area contributed by atoms with Crippen molar-refractivity contribution in [1.82, 2.24) is 5.32 Å². The van der Waals surface area contributed by atoms with Crippen LogP contribution in [0.15, 0.2) is 30.9 Å². The highest BCUT2D eigenvalue weighted by Gasteiger charge is 2.22. The Morgan fingerprint density at radius 1 is 1.59 bits per heavy atom. The molecule has 0 amide bonds. The van der Waals surface area contributed by atoms with E-state index in [1.54, 1.807) is 18.9 Å². The molecule has 1 unspecified atom stereocenters. The van der Waals surface area contributed by atoms with Gasteiger partial charge >= 0.3 is 5.17 Å². The summed E-state index contributed by atoms with van der Waals surface area (Å²) in [5.74, 6) is 2.52. The van der Waals surface area contributed by atoms with Crippen LogP contribution in [0.5, 0.6) is 5.75 Å². The van der Waals surface area contributed by atoms with E-state index in [0.29, 0.717) is 5.92 Å². The Bertz CT molecular complexity index is 531. The standard InChI is InChI=1S/C17H25N3OS/c1-4-9-18-17(22-5-2)19-10-8-13-12-20-16-7-6-14(21-3)11-15(13)16/h4,6-7,11,13,20H,1,5,8-10,12H2,2-3H3,(H,18,19)/p+1. The van der Waals surface area contributed by atoms with E-state index < -0.39 is 0 Å². The first kappa shape index (κ1) is 16.7. The summed E-state index contributed by atoms with van der Waals surface area (Å²) in [6, 6.07) is 6.27. The van der Waals surface area contributed by atoms with Gasteiger partial charge in [-0.1, -0.05) is 19.6 Å². The highest BCUT2D eigenvalue weighted by atomic mass is 32.2. The first-order chi connectivity index (χ1) is 10.8. The first-order valence-electron chi connectivity index (χ1n) is 7.78. The van der Waals surface area contributed by atoms with Crippen molar-refractivity contribution in [2.24, 2.45) is 0 Å². The summed E-state index contributed by atoms with van der Waals surface area (Å²) in [5, 5.41) is 7.96. The summed E-state index contributed by atoms with van der Waals surface area (Å²) in [5.41, 5.74) is 2.60. The van der Waals surface area contributed by atoms with Gasteiger partial charge in [0.15, 0.2) is 0 Å². The number of hydrogen-bond donors (Lipinski definition) is 3. The smallest absolute Gasteiger partial charge is 0.304 e. The number of rotatable bonds is 7. The normalized spacial score (nSPS) is 16.8. The van der Waals surface area contributed by atoms with E-state index in [1.165, 1.54) is 11.3 Å². The Hall–Kier alpha value is -1.62. The van der Waals surface area contributed by atoms with Crippen molar-refractivity contribution in [1.29, 1.82) is 0 Å². The second kappa shape index (κ2) is 8.73. The molecule has 5 heteroatoms. The monoisotopic (exact) mass is 320 g/mol. The molecule has 4 nitrogen and oxygen atoms in total. The van der Waals surface area contributed by atoms with Crippen molar-refractivity contribution in [3.05, 3.63) is 36.4 Å². The van der Waals surface area contributed by atoms with Crippen LogP contribution in [0.4, 0.5) is 5.69 Å². The van der Waals surface area contributed by atoms with Crippen molar-refractivity contribution in [3.63, 3.8) is 0 Å². The summed E-state index contributed by atoms with van der Waals surface area (Å²) in [6.07, 6.45) is 2.97. The molecule has 0 spiro atoms. The Morgan fingerprint density at radius 2 is 2.45 bits per heavy atom. The number of amidine groups is 1. The lowest BCUT2D eigenvalue weighted by Gasteiger charge is -2.09. The van der Waals surface area contributed by atoms with Gasteiger partial charge in [0, 0.05) is 23.9 Å². The number of anilines is 1. The zero-order valence-electron chi connectivity index (χ0n) is 13.4. The van der Waals surface area contributed by atoms with Crippen LogP contribution in [-0.4, -0.2) is 37.7 Å². The molecule has 1 aliphatic heterocycles. The fourth-order valence-electron chi connectivity index (χ4n) is 2.60. The average molecular weight is 320 g/mol. The molecule has 120 valence electrons. The summed E-state index contributed by atoms with van der Waals surface area (Å²) < 4.78 is 5.34. The van der Waals surface area contributed by atoms with Crippen LogP contribution >= 0.6 is 11.8 Å². The number of hydrogen-bond acceptors (Lipinski definition) is 3. The highest BCUT2D eigenvalue weighted by molar-refractivity contribution is 8.13. The molecule has 22 heavy (non-hydrogen) atoms. The third-order valence-corrected chi connectivity index (χ3v) is 4.58. The molecule has 1 aliphatic rings. The molecule has 0 saturated heterocycles. The number of fused-ring (bicyclic) bond motifs is 1. The lowest BCUT2D eigenvalue weighted by molar-refractivity contribution is -0.457. The van der Waals surface area contributed by atoms with E-state index in [1.807, 2.05) is 12.1 Å². The van der Waals surface area contributed by atoms with Gasteiger partial charge in [-0.3, -0.25) is 10.3 Å². The molecule has 0 fully saturated rings. The van der Waals surface area contributed by atoms with E-state index in [2.05, 4.69) is 41.3 Å². The Kier molecular flexibility index (Phi) is 6.65. The third kappa shape index (κ3) is 4.44. The van der Waals surface area contributed by atoms with Gasteiger partial charge in [0.1, 0.15) is 12.3 Å². The number of benzene rings is 1. The van der Waals surface area contributed by atoms with Crippen LogP contribution in [0.25, 0.3) is 0 Å². The number of methoxy groups -OCH3 is 1. The van der Waals surface area contributed by atoms with Crippen LogP contribution in [0.3, 0.4) is 0 Å². The number of thioether (sulfide) groups is 1. The van der Waals surface area contributed by atoms with Gasteiger partial charge in [-0.2, -0.15) is 0 Å². The molecule has 0 aliphatic carbocycles. The zero-order valence-corrected chi connectivity index (χ0v) is 14.3. The minimum atomic E-state index is 0.532. The second-order valence-electron chi connectivity index (χ2n) is 5.18. The van der Waals surface area contributed by atoms with Gasteiger partial charge in [-0.25, -0.2) is 0 Å². The molecular formula is C17H26N3OS+. The molecule has 0 saturated carbocycles. The van der Waals surface area contributed by atoms with Gasteiger partial charge < -0.3 is 10.1 Å². The van der Waals surface area contributed by atoms with E-state index in [4.69, 9.17) is 4.74 Å². The van der Waals surface area contributed by atoms with Crippen LogP contribution in [0.2, 0.25) is 0 Å². The minimum absolute atomic E-state index is 0.532. The van der Waals surface area contributed by atoms with E-state index >= 15 is 0 Å². The fourth-order valence-corrected chi connectivity index (χ4v) is 3.28. The SMILES string of the molecule is C=CCNC(=[NH+]CCC1CNc2ccc(OC)cc21)SCC. The number of nitrogens with one attached hydrogen (secondary N) is 3. The summed E-state index contributed by atoms with van der Waals surface area (Å²) in [6.45, 7) is 8.65. The molecule has 1 aromatic carbocycles. The largest absolute Gasteiger partial charge is 0.497 e. The van der Waals surface area contributed by atoms with E-state index in [0.717, 1.165) is 42.7 Å². The third-order valence-electron chi connectivity index (χ3n) is 3.71. The fraction of sp³-hybridized carbons (Fsp3) is 0.471. The minimum Gasteiger partial charge on any atom is -0.497 e. The molecule has 1 atom stereocenters. The van der Waals surface area contributed by atoms with Crippen LogP contribution in [-0.2, 0) is 0 Å². The zero-order chi connectivity index (χ0) is 15.8. The maximum Gasteiger partial charge on any atom is 0.304 e. The van der Waals surface area contributed by atoms with Crippen molar-refractivity contribution >= 4 is 22.6 Å².